The molecule has 8 heteroatoms. The Balaban J connectivity index is 1.74. The van der Waals surface area contributed by atoms with Crippen molar-refractivity contribution in [1.82, 2.24) is 9.88 Å². The molecular formula is C18H21F2N3O2S. The Kier molecular flexibility index (Phi) is 5.83. The first-order chi connectivity index (χ1) is 12.5. The van der Waals surface area contributed by atoms with E-state index in [1.807, 2.05) is 12.3 Å². The average Bonchev–Trinajstić information content (AvgIpc) is 3.16. The topological polar surface area (TPSA) is 45.7 Å². The summed E-state index contributed by atoms with van der Waals surface area (Å²) >= 11 is 1.52. The van der Waals surface area contributed by atoms with Crippen LogP contribution < -0.4 is 4.90 Å². The van der Waals surface area contributed by atoms with Crippen LogP contribution in [0.5, 0.6) is 0 Å². The number of anilines is 1. The van der Waals surface area contributed by atoms with E-state index in [0.717, 1.165) is 17.1 Å². The van der Waals surface area contributed by atoms with Crippen molar-refractivity contribution in [1.29, 1.82) is 0 Å². The second-order valence-corrected chi connectivity index (χ2v) is 7.27. The van der Waals surface area contributed by atoms with Crippen molar-refractivity contribution in [3.63, 3.8) is 0 Å². The lowest BCUT2D eigenvalue weighted by Gasteiger charge is -2.29. The molecule has 5 nitrogen and oxygen atoms in total. The van der Waals surface area contributed by atoms with Gasteiger partial charge in [0.15, 0.2) is 0 Å². The summed E-state index contributed by atoms with van der Waals surface area (Å²) in [6, 6.07) is 2.22. The Hall–Kier alpha value is -2.06. The van der Waals surface area contributed by atoms with Crippen LogP contribution in [-0.4, -0.2) is 55.7 Å². The fourth-order valence-electron chi connectivity index (χ4n) is 3.05. The number of carbonyl (C=O) groups is 1. The van der Waals surface area contributed by atoms with Crippen molar-refractivity contribution in [2.75, 3.05) is 44.8 Å². The molecule has 0 N–H and O–H groups in total. The van der Waals surface area contributed by atoms with Gasteiger partial charge >= 0.3 is 0 Å². The Bertz CT molecular complexity index is 741. The van der Waals surface area contributed by atoms with Crippen molar-refractivity contribution in [2.45, 2.75) is 12.8 Å². The zero-order valence-corrected chi connectivity index (χ0v) is 15.6. The molecule has 1 aliphatic heterocycles. The molecule has 1 saturated heterocycles. The largest absolute Gasteiger partial charge is 0.378 e. The molecule has 1 fully saturated rings. The van der Waals surface area contributed by atoms with Crippen LogP contribution >= 0.6 is 11.3 Å². The van der Waals surface area contributed by atoms with E-state index in [1.54, 1.807) is 18.1 Å². The highest BCUT2D eigenvalue weighted by molar-refractivity contribution is 7.09. The minimum Gasteiger partial charge on any atom is -0.378 e. The predicted molar refractivity (Wildman–Crippen MR) is 96.9 cm³/mol. The molecule has 2 heterocycles. The maximum atomic E-state index is 14.5. The number of amides is 1. The maximum Gasteiger partial charge on any atom is 0.253 e. The SMILES string of the molecule is CC(CN(C)C(=O)c1cc(F)c(N2CCOCC2)c(F)c1)c1nccs1. The number of aromatic nitrogens is 1. The van der Waals surface area contributed by atoms with Crippen molar-refractivity contribution in [3.05, 3.63) is 45.9 Å². The molecule has 140 valence electrons. The third-order valence-corrected chi connectivity index (χ3v) is 5.37. The van der Waals surface area contributed by atoms with Gasteiger partial charge in [-0.3, -0.25) is 4.79 Å². The number of likely N-dealkylation sites (N-methyl/N-ethyl adjacent to an activating group) is 1. The summed E-state index contributed by atoms with van der Waals surface area (Å²) in [5.41, 5.74) is -0.0884. The maximum absolute atomic E-state index is 14.5. The van der Waals surface area contributed by atoms with Crippen molar-refractivity contribution >= 4 is 22.9 Å². The number of thiazole rings is 1. The highest BCUT2D eigenvalue weighted by Gasteiger charge is 2.24. The third kappa shape index (κ3) is 4.02. The van der Waals surface area contributed by atoms with Gasteiger partial charge in [-0.25, -0.2) is 13.8 Å². The highest BCUT2D eigenvalue weighted by atomic mass is 32.1. The molecular weight excluding hydrogens is 360 g/mol. The molecule has 1 aromatic heterocycles. The molecule has 26 heavy (non-hydrogen) atoms. The van der Waals surface area contributed by atoms with E-state index in [0.29, 0.717) is 32.8 Å². The van der Waals surface area contributed by atoms with Crippen LogP contribution in [0, 0.1) is 11.6 Å². The zero-order valence-electron chi connectivity index (χ0n) is 14.7. The summed E-state index contributed by atoms with van der Waals surface area (Å²) in [5, 5.41) is 2.80. The smallest absolute Gasteiger partial charge is 0.253 e. The van der Waals surface area contributed by atoms with Gasteiger partial charge in [0.2, 0.25) is 0 Å². The number of hydrogen-bond acceptors (Lipinski definition) is 5. The van der Waals surface area contributed by atoms with Crippen LogP contribution in [0.25, 0.3) is 0 Å². The molecule has 1 unspecified atom stereocenters. The van der Waals surface area contributed by atoms with Gasteiger partial charge in [0, 0.05) is 49.7 Å². The van der Waals surface area contributed by atoms with E-state index < -0.39 is 17.5 Å². The molecule has 0 spiro atoms. The van der Waals surface area contributed by atoms with E-state index in [4.69, 9.17) is 4.74 Å². The van der Waals surface area contributed by atoms with Crippen LogP contribution in [-0.2, 0) is 4.74 Å². The third-order valence-electron chi connectivity index (χ3n) is 4.36. The molecule has 1 atom stereocenters. The standard InChI is InChI=1S/C18H21F2N3O2S/c1-12(17-21-3-8-26-17)11-22(2)18(24)13-9-14(19)16(15(20)10-13)23-4-6-25-7-5-23/h3,8-10,12H,4-7,11H2,1-2H3. The second kappa shape index (κ2) is 8.09. The Morgan fingerprint density at radius 2 is 2.00 bits per heavy atom. The van der Waals surface area contributed by atoms with Crippen LogP contribution in [0.2, 0.25) is 0 Å². The van der Waals surface area contributed by atoms with Gasteiger partial charge < -0.3 is 14.5 Å². The van der Waals surface area contributed by atoms with Crippen molar-refractivity contribution in [3.8, 4) is 0 Å². The van der Waals surface area contributed by atoms with E-state index in [9.17, 15) is 13.6 Å². The first-order valence-corrected chi connectivity index (χ1v) is 9.32. The number of benzene rings is 1. The highest BCUT2D eigenvalue weighted by Crippen LogP contribution is 2.27. The van der Waals surface area contributed by atoms with Crippen molar-refractivity contribution in [2.24, 2.45) is 0 Å². The quantitative estimate of drug-likeness (QED) is 0.798. The summed E-state index contributed by atoms with van der Waals surface area (Å²) in [7, 11) is 1.62. The number of halogens is 2. The lowest BCUT2D eigenvalue weighted by atomic mass is 10.1. The number of hydrogen-bond donors (Lipinski definition) is 0. The van der Waals surface area contributed by atoms with Gasteiger partial charge in [-0.05, 0) is 12.1 Å². The Labute approximate surface area is 155 Å². The number of nitrogens with zero attached hydrogens (tertiary/aromatic N) is 3. The van der Waals surface area contributed by atoms with Crippen LogP contribution in [0.15, 0.2) is 23.7 Å². The normalized spacial score (nSPS) is 15.8. The van der Waals surface area contributed by atoms with Crippen LogP contribution in [0.4, 0.5) is 14.5 Å². The second-order valence-electron chi connectivity index (χ2n) is 6.34. The molecule has 3 rings (SSSR count). The number of morpholine rings is 1. The van der Waals surface area contributed by atoms with E-state index >= 15 is 0 Å². The van der Waals surface area contributed by atoms with Gasteiger partial charge in [0.05, 0.1) is 18.2 Å². The first kappa shape index (κ1) is 18.7. The molecule has 0 saturated carbocycles. The summed E-state index contributed by atoms with van der Waals surface area (Å²) in [6.07, 6.45) is 1.72. The minimum atomic E-state index is -0.725. The monoisotopic (exact) mass is 381 g/mol. The van der Waals surface area contributed by atoms with Crippen molar-refractivity contribution < 1.29 is 18.3 Å². The summed E-state index contributed by atoms with van der Waals surface area (Å²) in [5.74, 6) is -1.82. The predicted octanol–water partition coefficient (Wildman–Crippen LogP) is 3.13. The van der Waals surface area contributed by atoms with Gasteiger partial charge in [-0.15, -0.1) is 11.3 Å². The molecule has 1 aromatic carbocycles. The fourth-order valence-corrected chi connectivity index (χ4v) is 3.74. The summed E-state index contributed by atoms with van der Waals surface area (Å²) < 4.78 is 34.2. The summed E-state index contributed by atoms with van der Waals surface area (Å²) in [4.78, 5) is 19.9. The Morgan fingerprint density at radius 3 is 2.58 bits per heavy atom. The Morgan fingerprint density at radius 1 is 1.35 bits per heavy atom. The first-order valence-electron chi connectivity index (χ1n) is 8.44. The lowest BCUT2D eigenvalue weighted by Crippen LogP contribution is -2.37. The molecule has 1 aliphatic rings. The summed E-state index contributed by atoms with van der Waals surface area (Å²) in [6.45, 7) is 4.08. The molecule has 0 bridgehead atoms. The van der Waals surface area contributed by atoms with Crippen LogP contribution in [0.1, 0.15) is 28.2 Å². The zero-order chi connectivity index (χ0) is 18.7. The molecule has 1 amide bonds. The van der Waals surface area contributed by atoms with Gasteiger partial charge in [-0.1, -0.05) is 6.92 Å². The number of ether oxygens (including phenoxy) is 1. The molecule has 0 aliphatic carbocycles. The molecule has 0 radical (unpaired) electrons. The van der Waals surface area contributed by atoms with Crippen LogP contribution in [0.3, 0.4) is 0 Å². The minimum absolute atomic E-state index is 0.00542. The van der Waals surface area contributed by atoms with E-state index in [1.165, 1.54) is 16.2 Å². The number of rotatable bonds is 5. The lowest BCUT2D eigenvalue weighted by molar-refractivity contribution is 0.0787. The number of carbonyl (C=O) groups excluding carboxylic acids is 1. The van der Waals surface area contributed by atoms with Gasteiger partial charge in [0.25, 0.3) is 5.91 Å². The van der Waals surface area contributed by atoms with E-state index in [2.05, 4.69) is 4.98 Å². The molecule has 2 aromatic rings. The van der Waals surface area contributed by atoms with Gasteiger partial charge in [0.1, 0.15) is 17.3 Å². The fraction of sp³-hybridized carbons (Fsp3) is 0.444. The van der Waals surface area contributed by atoms with Gasteiger partial charge in [-0.2, -0.15) is 0 Å². The average molecular weight is 381 g/mol. The van der Waals surface area contributed by atoms with E-state index in [-0.39, 0.29) is 17.2 Å².